The van der Waals surface area contributed by atoms with E-state index in [9.17, 15) is 4.79 Å². The molecular formula is C10H18N2O2. The first kappa shape index (κ1) is 9.93. The minimum atomic E-state index is 0.152. The van der Waals surface area contributed by atoms with Crippen LogP contribution in [-0.4, -0.2) is 38.3 Å². The maximum Gasteiger partial charge on any atom is 0.224 e. The van der Waals surface area contributed by atoms with Crippen LogP contribution in [0.5, 0.6) is 0 Å². The number of rotatable bonds is 2. The van der Waals surface area contributed by atoms with E-state index in [0.717, 1.165) is 19.5 Å². The molecule has 0 aromatic rings. The van der Waals surface area contributed by atoms with Crippen molar-refractivity contribution in [2.75, 3.05) is 26.3 Å². The Morgan fingerprint density at radius 2 is 2.21 bits per heavy atom. The monoisotopic (exact) mass is 198 g/mol. The molecule has 4 nitrogen and oxygen atoms in total. The van der Waals surface area contributed by atoms with Gasteiger partial charge in [-0.25, -0.2) is 0 Å². The molecule has 0 bridgehead atoms. The lowest BCUT2D eigenvalue weighted by Crippen LogP contribution is -2.52. The van der Waals surface area contributed by atoms with Gasteiger partial charge in [0.25, 0.3) is 0 Å². The van der Waals surface area contributed by atoms with Gasteiger partial charge in [0.05, 0.1) is 25.2 Å². The van der Waals surface area contributed by atoms with Gasteiger partial charge < -0.3 is 15.4 Å². The summed E-state index contributed by atoms with van der Waals surface area (Å²) in [6.07, 6.45) is 1.01. The molecule has 0 aromatic carbocycles. The average Bonchev–Trinajstić information content (AvgIpc) is 2.11. The SMILES string of the molecule is CC1CNCC(C(=O)NC2COC2)C1. The van der Waals surface area contributed by atoms with E-state index in [1.165, 1.54) is 0 Å². The van der Waals surface area contributed by atoms with Gasteiger partial charge in [-0.05, 0) is 18.9 Å². The van der Waals surface area contributed by atoms with Crippen LogP contribution in [0.2, 0.25) is 0 Å². The summed E-state index contributed by atoms with van der Waals surface area (Å²) in [4.78, 5) is 11.7. The molecule has 0 spiro atoms. The van der Waals surface area contributed by atoms with Gasteiger partial charge in [0.15, 0.2) is 0 Å². The topological polar surface area (TPSA) is 50.4 Å². The Labute approximate surface area is 84.4 Å². The largest absolute Gasteiger partial charge is 0.377 e. The zero-order valence-corrected chi connectivity index (χ0v) is 8.58. The van der Waals surface area contributed by atoms with Gasteiger partial charge in [0.1, 0.15) is 0 Å². The van der Waals surface area contributed by atoms with Crippen LogP contribution in [0.4, 0.5) is 0 Å². The van der Waals surface area contributed by atoms with Gasteiger partial charge in [-0.1, -0.05) is 6.92 Å². The Hall–Kier alpha value is -0.610. The van der Waals surface area contributed by atoms with E-state index >= 15 is 0 Å². The Morgan fingerprint density at radius 3 is 2.79 bits per heavy atom. The molecule has 2 N–H and O–H groups in total. The molecule has 2 rings (SSSR count). The number of ether oxygens (including phenoxy) is 1. The molecule has 4 heteroatoms. The first-order valence-electron chi connectivity index (χ1n) is 5.34. The van der Waals surface area contributed by atoms with Gasteiger partial charge in [-0.2, -0.15) is 0 Å². The molecule has 2 saturated heterocycles. The summed E-state index contributed by atoms with van der Waals surface area (Å²) in [6, 6.07) is 0.264. The highest BCUT2D eigenvalue weighted by Gasteiger charge is 2.28. The number of hydrogen-bond acceptors (Lipinski definition) is 3. The molecule has 0 aromatic heterocycles. The molecule has 2 aliphatic heterocycles. The summed E-state index contributed by atoms with van der Waals surface area (Å²) < 4.78 is 5.01. The predicted octanol–water partition coefficient (Wildman–Crippen LogP) is -0.253. The second-order valence-corrected chi connectivity index (χ2v) is 4.44. The highest BCUT2D eigenvalue weighted by Crippen LogP contribution is 2.16. The molecule has 80 valence electrons. The zero-order valence-electron chi connectivity index (χ0n) is 8.58. The molecule has 2 atom stereocenters. The van der Waals surface area contributed by atoms with Crippen LogP contribution in [-0.2, 0) is 9.53 Å². The van der Waals surface area contributed by atoms with Crippen molar-refractivity contribution in [2.24, 2.45) is 11.8 Å². The summed E-state index contributed by atoms with van der Waals surface area (Å²) >= 11 is 0. The molecule has 14 heavy (non-hydrogen) atoms. The van der Waals surface area contributed by atoms with E-state index in [0.29, 0.717) is 19.1 Å². The van der Waals surface area contributed by atoms with Gasteiger partial charge in [0.2, 0.25) is 5.91 Å². The maximum absolute atomic E-state index is 11.7. The fourth-order valence-corrected chi connectivity index (χ4v) is 1.99. The van der Waals surface area contributed by atoms with E-state index in [1.807, 2.05) is 0 Å². The second-order valence-electron chi connectivity index (χ2n) is 4.44. The normalized spacial score (nSPS) is 33.5. The third kappa shape index (κ3) is 2.25. The fraction of sp³-hybridized carbons (Fsp3) is 0.900. The molecule has 2 heterocycles. The lowest BCUT2D eigenvalue weighted by molar-refractivity contribution is -0.130. The van der Waals surface area contributed by atoms with Crippen molar-refractivity contribution in [1.82, 2.24) is 10.6 Å². The third-order valence-corrected chi connectivity index (χ3v) is 2.93. The van der Waals surface area contributed by atoms with E-state index < -0.39 is 0 Å². The maximum atomic E-state index is 11.7. The first-order valence-corrected chi connectivity index (χ1v) is 5.34. The minimum absolute atomic E-state index is 0.152. The molecular weight excluding hydrogens is 180 g/mol. The van der Waals surface area contributed by atoms with Gasteiger partial charge in [-0.3, -0.25) is 4.79 Å². The van der Waals surface area contributed by atoms with Crippen LogP contribution in [0.15, 0.2) is 0 Å². The lowest BCUT2D eigenvalue weighted by atomic mass is 9.91. The van der Waals surface area contributed by atoms with E-state index in [2.05, 4.69) is 17.6 Å². The number of hydrogen-bond donors (Lipinski definition) is 2. The molecule has 0 radical (unpaired) electrons. The van der Waals surface area contributed by atoms with Crippen LogP contribution in [0.25, 0.3) is 0 Å². The third-order valence-electron chi connectivity index (χ3n) is 2.93. The molecule has 0 saturated carbocycles. The summed E-state index contributed by atoms with van der Waals surface area (Å²) in [6.45, 7) is 5.40. The molecule has 2 fully saturated rings. The Balaban J connectivity index is 1.77. The number of amides is 1. The minimum Gasteiger partial charge on any atom is -0.377 e. The Kier molecular flexibility index (Phi) is 3.03. The van der Waals surface area contributed by atoms with Crippen molar-refractivity contribution in [2.45, 2.75) is 19.4 Å². The zero-order chi connectivity index (χ0) is 9.97. The number of piperidine rings is 1. The highest BCUT2D eigenvalue weighted by atomic mass is 16.5. The molecule has 1 amide bonds. The second kappa shape index (κ2) is 4.28. The van der Waals surface area contributed by atoms with Crippen molar-refractivity contribution in [1.29, 1.82) is 0 Å². The van der Waals surface area contributed by atoms with Crippen molar-refractivity contribution in [3.63, 3.8) is 0 Å². The van der Waals surface area contributed by atoms with E-state index in [1.54, 1.807) is 0 Å². The summed E-state index contributed by atoms with van der Waals surface area (Å²) in [5, 5.41) is 6.29. The summed E-state index contributed by atoms with van der Waals surface area (Å²) in [7, 11) is 0. The standard InChI is InChI=1S/C10H18N2O2/c1-7-2-8(4-11-3-7)10(13)12-9-5-14-6-9/h7-9,11H,2-6H2,1H3,(H,12,13). The predicted molar refractivity (Wildman–Crippen MR) is 52.9 cm³/mol. The van der Waals surface area contributed by atoms with Crippen LogP contribution in [0, 0.1) is 11.8 Å². The fourth-order valence-electron chi connectivity index (χ4n) is 1.99. The highest BCUT2D eigenvalue weighted by molar-refractivity contribution is 5.79. The Morgan fingerprint density at radius 1 is 1.43 bits per heavy atom. The van der Waals surface area contributed by atoms with Gasteiger partial charge >= 0.3 is 0 Å². The quantitative estimate of drug-likeness (QED) is 0.643. The Bertz CT molecular complexity index is 216. The number of carbonyl (C=O) groups is 1. The van der Waals surface area contributed by atoms with Crippen molar-refractivity contribution >= 4 is 5.91 Å². The van der Waals surface area contributed by atoms with Crippen molar-refractivity contribution in [3.8, 4) is 0 Å². The summed E-state index contributed by atoms with van der Waals surface area (Å²) in [5.41, 5.74) is 0. The number of nitrogens with one attached hydrogen (secondary N) is 2. The van der Waals surface area contributed by atoms with Crippen molar-refractivity contribution in [3.05, 3.63) is 0 Å². The number of carbonyl (C=O) groups excluding carboxylic acids is 1. The van der Waals surface area contributed by atoms with E-state index in [-0.39, 0.29) is 17.9 Å². The molecule has 2 unspecified atom stereocenters. The first-order chi connectivity index (χ1) is 6.75. The van der Waals surface area contributed by atoms with Gasteiger partial charge in [0, 0.05) is 6.54 Å². The van der Waals surface area contributed by atoms with E-state index in [4.69, 9.17) is 4.74 Å². The van der Waals surface area contributed by atoms with Crippen molar-refractivity contribution < 1.29 is 9.53 Å². The molecule has 0 aliphatic carbocycles. The molecule has 2 aliphatic rings. The van der Waals surface area contributed by atoms with Gasteiger partial charge in [-0.15, -0.1) is 0 Å². The smallest absolute Gasteiger partial charge is 0.224 e. The van der Waals surface area contributed by atoms with Crippen LogP contribution >= 0.6 is 0 Å². The average molecular weight is 198 g/mol. The van der Waals surface area contributed by atoms with Crippen LogP contribution < -0.4 is 10.6 Å². The summed E-state index contributed by atoms with van der Waals surface area (Å²) in [5.74, 6) is 0.953. The van der Waals surface area contributed by atoms with Crippen LogP contribution in [0.3, 0.4) is 0 Å². The van der Waals surface area contributed by atoms with Crippen LogP contribution in [0.1, 0.15) is 13.3 Å². The lowest BCUT2D eigenvalue weighted by Gasteiger charge is -2.31.